The molecule has 0 saturated heterocycles. The zero-order chi connectivity index (χ0) is 31.8. The molecule has 0 spiro atoms. The fourth-order valence-corrected chi connectivity index (χ4v) is 5.98. The first-order chi connectivity index (χ1) is 20.9. The highest BCUT2D eigenvalue weighted by Crippen LogP contribution is 2.41. The molecule has 2 amide bonds. The van der Waals surface area contributed by atoms with Crippen LogP contribution in [-0.4, -0.2) is 60.5 Å². The SMILES string of the molecule is COc1ccc(CCNCCCN2C(=O)c3c(cc(Br)c4nc(-c5cccc(C(F)(F)F)c5)[nH]c34)C(C)(C)C2=O)cc1OC. The number of hydrogen-bond donors (Lipinski definition) is 2. The van der Waals surface area contributed by atoms with Crippen LogP contribution in [0.2, 0.25) is 0 Å². The lowest BCUT2D eigenvalue weighted by Crippen LogP contribution is -2.52. The van der Waals surface area contributed by atoms with Crippen LogP contribution in [0.15, 0.2) is 53.0 Å². The van der Waals surface area contributed by atoms with Gasteiger partial charge in [-0.25, -0.2) is 4.98 Å². The third kappa shape index (κ3) is 5.92. The second-order valence-corrected chi connectivity index (χ2v) is 12.0. The molecule has 1 aromatic heterocycles. The molecular formula is C32H32BrF3N4O4. The van der Waals surface area contributed by atoms with Crippen LogP contribution in [-0.2, 0) is 22.8 Å². The topological polar surface area (TPSA) is 96.5 Å². The van der Waals surface area contributed by atoms with Gasteiger partial charge in [0, 0.05) is 16.6 Å². The number of imidazole rings is 1. The smallest absolute Gasteiger partial charge is 0.416 e. The van der Waals surface area contributed by atoms with E-state index in [1.165, 1.54) is 17.0 Å². The van der Waals surface area contributed by atoms with Gasteiger partial charge in [-0.1, -0.05) is 18.2 Å². The van der Waals surface area contributed by atoms with Crippen LogP contribution in [0.4, 0.5) is 13.2 Å². The first-order valence-electron chi connectivity index (χ1n) is 14.0. The number of hydrogen-bond acceptors (Lipinski definition) is 6. The number of rotatable bonds is 10. The number of alkyl halides is 3. The highest BCUT2D eigenvalue weighted by atomic mass is 79.9. The van der Waals surface area contributed by atoms with Gasteiger partial charge >= 0.3 is 6.18 Å². The van der Waals surface area contributed by atoms with E-state index in [0.717, 1.165) is 24.1 Å². The molecule has 2 heterocycles. The average molecular weight is 674 g/mol. The van der Waals surface area contributed by atoms with Crippen molar-refractivity contribution in [2.75, 3.05) is 33.9 Å². The van der Waals surface area contributed by atoms with Crippen LogP contribution in [0.5, 0.6) is 11.5 Å². The fraction of sp³-hybridized carbons (Fsp3) is 0.344. The Labute approximate surface area is 261 Å². The van der Waals surface area contributed by atoms with Crippen molar-refractivity contribution in [1.82, 2.24) is 20.2 Å². The summed E-state index contributed by atoms with van der Waals surface area (Å²) in [6, 6.07) is 12.3. The number of H-pyrrole nitrogens is 1. The van der Waals surface area contributed by atoms with Gasteiger partial charge < -0.3 is 19.8 Å². The van der Waals surface area contributed by atoms with Crippen molar-refractivity contribution in [3.05, 3.63) is 75.3 Å². The van der Waals surface area contributed by atoms with E-state index in [1.54, 1.807) is 34.1 Å². The Morgan fingerprint density at radius 3 is 2.48 bits per heavy atom. The van der Waals surface area contributed by atoms with Crippen molar-refractivity contribution in [3.8, 4) is 22.9 Å². The molecule has 12 heteroatoms. The lowest BCUT2D eigenvalue weighted by Gasteiger charge is -2.37. The van der Waals surface area contributed by atoms with Gasteiger partial charge in [-0.2, -0.15) is 13.2 Å². The minimum absolute atomic E-state index is 0.188. The number of halogens is 4. The van der Waals surface area contributed by atoms with Crippen molar-refractivity contribution < 1.29 is 32.2 Å². The third-order valence-corrected chi connectivity index (χ3v) is 8.47. The van der Waals surface area contributed by atoms with Crippen molar-refractivity contribution in [2.45, 2.75) is 38.3 Å². The molecule has 3 aromatic carbocycles. The van der Waals surface area contributed by atoms with E-state index in [0.29, 0.717) is 57.6 Å². The molecule has 0 saturated carbocycles. The number of ether oxygens (including phenoxy) is 2. The van der Waals surface area contributed by atoms with E-state index in [4.69, 9.17) is 9.47 Å². The average Bonchev–Trinajstić information content (AvgIpc) is 3.45. The first-order valence-corrected chi connectivity index (χ1v) is 14.8. The minimum atomic E-state index is -4.51. The lowest BCUT2D eigenvalue weighted by molar-refractivity contribution is -0.137. The maximum Gasteiger partial charge on any atom is 0.416 e. The zero-order valence-electron chi connectivity index (χ0n) is 24.7. The molecule has 2 N–H and O–H groups in total. The molecule has 232 valence electrons. The number of aromatic nitrogens is 2. The van der Waals surface area contributed by atoms with Crippen LogP contribution in [0, 0.1) is 0 Å². The minimum Gasteiger partial charge on any atom is -0.493 e. The summed E-state index contributed by atoms with van der Waals surface area (Å²) in [6.07, 6.45) is -3.23. The summed E-state index contributed by atoms with van der Waals surface area (Å²) in [5.74, 6) is 0.732. The van der Waals surface area contributed by atoms with Gasteiger partial charge in [-0.05, 0) is 97.2 Å². The molecule has 44 heavy (non-hydrogen) atoms. The molecule has 0 bridgehead atoms. The van der Waals surface area contributed by atoms with Crippen LogP contribution in [0.3, 0.4) is 0 Å². The van der Waals surface area contributed by atoms with Crippen molar-refractivity contribution >= 4 is 38.8 Å². The van der Waals surface area contributed by atoms with Gasteiger partial charge in [0.1, 0.15) is 11.3 Å². The number of nitrogens with zero attached hydrogens (tertiary/aromatic N) is 2. The molecule has 1 aliphatic heterocycles. The number of imide groups is 1. The van der Waals surface area contributed by atoms with Crippen molar-refractivity contribution in [3.63, 3.8) is 0 Å². The van der Waals surface area contributed by atoms with Gasteiger partial charge in [0.2, 0.25) is 5.91 Å². The molecule has 1 aliphatic rings. The van der Waals surface area contributed by atoms with Gasteiger partial charge in [0.25, 0.3) is 5.91 Å². The molecule has 0 atom stereocenters. The standard InChI is InChI=1S/C32H32BrF3N4O4/c1-31(2)21-17-22(33)26-27(39-28(38-26)19-7-5-8-20(16-19)32(34,35)36)25(21)29(41)40(30(31)42)14-6-12-37-13-11-18-9-10-23(43-3)24(15-18)44-4/h5,7-10,15-17,37H,6,11-14H2,1-4H3,(H,38,39). The highest BCUT2D eigenvalue weighted by Gasteiger charge is 2.46. The number of methoxy groups -OCH3 is 2. The Morgan fingerprint density at radius 1 is 1.02 bits per heavy atom. The van der Waals surface area contributed by atoms with Gasteiger partial charge in [-0.3, -0.25) is 14.5 Å². The Kier molecular flexibility index (Phi) is 8.77. The highest BCUT2D eigenvalue weighted by molar-refractivity contribution is 9.10. The normalized spacial score (nSPS) is 14.7. The fourth-order valence-electron chi connectivity index (χ4n) is 5.46. The van der Waals surface area contributed by atoms with Crippen LogP contribution >= 0.6 is 15.9 Å². The van der Waals surface area contributed by atoms with Crippen LogP contribution in [0.1, 0.15) is 47.3 Å². The summed E-state index contributed by atoms with van der Waals surface area (Å²) in [7, 11) is 3.18. The van der Waals surface area contributed by atoms with Crippen molar-refractivity contribution in [1.29, 1.82) is 0 Å². The second kappa shape index (κ2) is 12.2. The monoisotopic (exact) mass is 672 g/mol. The maximum absolute atomic E-state index is 13.8. The molecule has 0 radical (unpaired) electrons. The number of amides is 2. The largest absolute Gasteiger partial charge is 0.493 e. The van der Waals surface area contributed by atoms with E-state index in [9.17, 15) is 22.8 Å². The van der Waals surface area contributed by atoms with Crippen LogP contribution < -0.4 is 14.8 Å². The van der Waals surface area contributed by atoms with Gasteiger partial charge in [0.05, 0.1) is 36.3 Å². The number of aromatic amines is 1. The number of carbonyl (C=O) groups excluding carboxylic acids is 2. The Bertz CT molecular complexity index is 1730. The van der Waals surface area contributed by atoms with E-state index in [2.05, 4.69) is 31.2 Å². The zero-order valence-corrected chi connectivity index (χ0v) is 26.3. The lowest BCUT2D eigenvalue weighted by atomic mass is 9.76. The maximum atomic E-state index is 13.8. The molecule has 0 fully saturated rings. The van der Waals surface area contributed by atoms with Gasteiger partial charge in [0.15, 0.2) is 11.5 Å². The van der Waals surface area contributed by atoms with Crippen LogP contribution in [0.25, 0.3) is 22.4 Å². The van der Waals surface area contributed by atoms with E-state index in [1.807, 2.05) is 18.2 Å². The summed E-state index contributed by atoms with van der Waals surface area (Å²) in [5.41, 5.74) is 1.05. The number of fused-ring (bicyclic) bond motifs is 3. The Hall–Kier alpha value is -3.90. The summed E-state index contributed by atoms with van der Waals surface area (Å²) < 4.78 is 51.3. The summed E-state index contributed by atoms with van der Waals surface area (Å²) in [6.45, 7) is 4.99. The molecule has 5 rings (SSSR count). The Balaban J connectivity index is 1.33. The summed E-state index contributed by atoms with van der Waals surface area (Å²) in [4.78, 5) is 36.3. The van der Waals surface area contributed by atoms with Crippen molar-refractivity contribution in [2.24, 2.45) is 0 Å². The predicted molar refractivity (Wildman–Crippen MR) is 164 cm³/mol. The first kappa shape index (κ1) is 31.5. The van der Waals surface area contributed by atoms with Gasteiger partial charge in [-0.15, -0.1) is 0 Å². The number of nitrogens with one attached hydrogen (secondary N) is 2. The molecule has 4 aromatic rings. The quantitative estimate of drug-likeness (QED) is 0.147. The molecular weight excluding hydrogens is 641 g/mol. The second-order valence-electron chi connectivity index (χ2n) is 11.1. The molecule has 8 nitrogen and oxygen atoms in total. The molecule has 0 aliphatic carbocycles. The molecule has 0 unspecified atom stereocenters. The van der Waals surface area contributed by atoms with E-state index >= 15 is 0 Å². The predicted octanol–water partition coefficient (Wildman–Crippen LogP) is 6.51. The number of benzene rings is 3. The Morgan fingerprint density at radius 2 is 1.77 bits per heavy atom. The van der Waals surface area contributed by atoms with E-state index < -0.39 is 23.1 Å². The van der Waals surface area contributed by atoms with E-state index in [-0.39, 0.29) is 23.8 Å². The third-order valence-electron chi connectivity index (χ3n) is 7.87. The number of carbonyl (C=O) groups is 2. The summed E-state index contributed by atoms with van der Waals surface area (Å²) in [5, 5.41) is 3.36. The summed E-state index contributed by atoms with van der Waals surface area (Å²) >= 11 is 3.49.